The average molecular weight is 341 g/mol. The molecule has 0 radical (unpaired) electrons. The van der Waals surface area contributed by atoms with E-state index in [1.165, 1.54) is 8.61 Å². The molecule has 23 heavy (non-hydrogen) atoms. The fourth-order valence-electron chi connectivity index (χ4n) is 2.63. The van der Waals surface area contributed by atoms with Crippen LogP contribution < -0.4 is 5.73 Å². The molecule has 1 fully saturated rings. The largest absolute Gasteiger partial charge is 0.373 e. The molecule has 8 heteroatoms. The quantitative estimate of drug-likeness (QED) is 0.847. The summed E-state index contributed by atoms with van der Waals surface area (Å²) < 4.78 is 33.7. The third kappa shape index (κ3) is 4.29. The Morgan fingerprint density at radius 1 is 1.26 bits per heavy atom. The molecular weight excluding hydrogens is 318 g/mol. The lowest BCUT2D eigenvalue weighted by molar-refractivity contribution is -0.0453. The summed E-state index contributed by atoms with van der Waals surface area (Å²) in [4.78, 5) is 11.1. The Hall–Kier alpha value is -1.48. The molecule has 0 aliphatic carbocycles. The normalized spacial score (nSPS) is 23.1. The van der Waals surface area contributed by atoms with Crippen molar-refractivity contribution >= 4 is 16.1 Å². The van der Waals surface area contributed by atoms with Crippen LogP contribution in [0.1, 0.15) is 29.8 Å². The van der Waals surface area contributed by atoms with Crippen LogP contribution in [0.15, 0.2) is 24.3 Å². The van der Waals surface area contributed by atoms with Gasteiger partial charge in [0.1, 0.15) is 0 Å². The molecule has 1 aromatic carbocycles. The molecule has 1 amide bonds. The first-order valence-corrected chi connectivity index (χ1v) is 8.85. The summed E-state index contributed by atoms with van der Waals surface area (Å²) in [5.74, 6) is -0.506. The van der Waals surface area contributed by atoms with Gasteiger partial charge in [0.05, 0.1) is 12.2 Å². The number of hydrogen-bond donors (Lipinski definition) is 1. The predicted octanol–water partition coefficient (Wildman–Crippen LogP) is 0.571. The van der Waals surface area contributed by atoms with Crippen LogP contribution in [-0.4, -0.2) is 55.3 Å². The van der Waals surface area contributed by atoms with Crippen molar-refractivity contribution in [2.45, 2.75) is 32.6 Å². The van der Waals surface area contributed by atoms with Gasteiger partial charge in [-0.15, -0.1) is 0 Å². The van der Waals surface area contributed by atoms with Crippen molar-refractivity contribution in [1.29, 1.82) is 0 Å². The van der Waals surface area contributed by atoms with Gasteiger partial charge in [-0.1, -0.05) is 12.1 Å². The van der Waals surface area contributed by atoms with Gasteiger partial charge in [0.15, 0.2) is 0 Å². The van der Waals surface area contributed by atoms with Crippen LogP contribution in [0, 0.1) is 0 Å². The molecule has 1 aliphatic rings. The third-order valence-electron chi connectivity index (χ3n) is 3.75. The second kappa shape index (κ2) is 6.96. The van der Waals surface area contributed by atoms with Gasteiger partial charge in [0, 0.05) is 32.2 Å². The minimum Gasteiger partial charge on any atom is -0.373 e. The first-order valence-electron chi connectivity index (χ1n) is 7.45. The zero-order chi connectivity index (χ0) is 17.2. The van der Waals surface area contributed by atoms with E-state index in [4.69, 9.17) is 10.5 Å². The van der Waals surface area contributed by atoms with Crippen molar-refractivity contribution in [3.8, 4) is 0 Å². The number of nitrogens with two attached hydrogens (primary N) is 1. The van der Waals surface area contributed by atoms with E-state index in [0.29, 0.717) is 18.7 Å². The third-order valence-corrected chi connectivity index (χ3v) is 5.62. The molecule has 1 saturated heterocycles. The molecule has 1 aliphatic heterocycles. The Morgan fingerprint density at radius 2 is 1.78 bits per heavy atom. The molecule has 2 N–H and O–H groups in total. The molecule has 0 spiro atoms. The second-order valence-electron chi connectivity index (χ2n) is 5.90. The number of carbonyl (C=O) groups excluding carboxylic acids is 1. The average Bonchev–Trinajstić information content (AvgIpc) is 2.46. The van der Waals surface area contributed by atoms with E-state index in [-0.39, 0.29) is 18.8 Å². The smallest absolute Gasteiger partial charge is 0.282 e. The highest BCUT2D eigenvalue weighted by molar-refractivity contribution is 7.86. The molecular formula is C15H23N3O4S. The van der Waals surface area contributed by atoms with Gasteiger partial charge < -0.3 is 10.5 Å². The molecule has 0 saturated carbocycles. The summed E-state index contributed by atoms with van der Waals surface area (Å²) in [6, 6.07) is 6.60. The van der Waals surface area contributed by atoms with Crippen molar-refractivity contribution in [2.24, 2.45) is 5.73 Å². The number of ether oxygens (including phenoxy) is 1. The van der Waals surface area contributed by atoms with E-state index in [1.54, 1.807) is 31.3 Å². The van der Waals surface area contributed by atoms with Gasteiger partial charge in [-0.3, -0.25) is 4.79 Å². The van der Waals surface area contributed by atoms with Crippen LogP contribution in [-0.2, 0) is 21.5 Å². The lowest BCUT2D eigenvalue weighted by Gasteiger charge is -2.36. The summed E-state index contributed by atoms with van der Waals surface area (Å²) in [7, 11) is -2.01. The van der Waals surface area contributed by atoms with E-state index < -0.39 is 16.1 Å². The van der Waals surface area contributed by atoms with Crippen LogP contribution in [0.5, 0.6) is 0 Å². The minimum atomic E-state index is -3.56. The number of nitrogens with zero attached hydrogens (tertiary/aromatic N) is 2. The lowest BCUT2D eigenvalue weighted by Crippen LogP contribution is -2.52. The number of morpholine rings is 1. The van der Waals surface area contributed by atoms with Crippen molar-refractivity contribution < 1.29 is 17.9 Å². The van der Waals surface area contributed by atoms with Gasteiger partial charge >= 0.3 is 0 Å². The molecule has 1 heterocycles. The molecule has 128 valence electrons. The fraction of sp³-hybridized carbons (Fsp3) is 0.533. The lowest BCUT2D eigenvalue weighted by atomic mass is 10.1. The number of rotatable bonds is 5. The predicted molar refractivity (Wildman–Crippen MR) is 86.9 cm³/mol. The van der Waals surface area contributed by atoms with Crippen molar-refractivity contribution in [3.05, 3.63) is 35.4 Å². The highest BCUT2D eigenvalue weighted by Crippen LogP contribution is 2.18. The van der Waals surface area contributed by atoms with E-state index in [9.17, 15) is 13.2 Å². The second-order valence-corrected chi connectivity index (χ2v) is 7.93. The summed E-state index contributed by atoms with van der Waals surface area (Å²) in [5.41, 5.74) is 6.38. The molecule has 0 bridgehead atoms. The van der Waals surface area contributed by atoms with Gasteiger partial charge in [0.2, 0.25) is 5.91 Å². The molecule has 2 atom stereocenters. The van der Waals surface area contributed by atoms with Crippen molar-refractivity contribution in [3.63, 3.8) is 0 Å². The van der Waals surface area contributed by atoms with E-state index >= 15 is 0 Å². The first kappa shape index (κ1) is 17.9. The maximum absolute atomic E-state index is 12.7. The topological polar surface area (TPSA) is 92.9 Å². The van der Waals surface area contributed by atoms with Gasteiger partial charge in [-0.25, -0.2) is 0 Å². The molecule has 0 aromatic heterocycles. The van der Waals surface area contributed by atoms with Crippen LogP contribution in [0.3, 0.4) is 0 Å². The Kier molecular flexibility index (Phi) is 5.41. The summed E-state index contributed by atoms with van der Waals surface area (Å²) >= 11 is 0. The summed E-state index contributed by atoms with van der Waals surface area (Å²) in [6.45, 7) is 4.64. The Morgan fingerprint density at radius 3 is 2.26 bits per heavy atom. The Bertz CT molecular complexity index is 650. The highest BCUT2D eigenvalue weighted by Gasteiger charge is 2.33. The number of carbonyl (C=O) groups is 1. The standard InChI is InChI=1S/C15H23N3O4S/c1-11-8-18(9-12(2)22-11)23(20,21)17(3)10-13-4-6-14(7-5-13)15(16)19/h4-7,11-12H,8-10H2,1-3H3,(H2,16,19)/t11-,12-/m1/s1. The number of primary amides is 1. The summed E-state index contributed by atoms with van der Waals surface area (Å²) in [5, 5.41) is 0. The van der Waals surface area contributed by atoms with Crippen molar-refractivity contribution in [2.75, 3.05) is 20.1 Å². The Labute approximate surface area is 137 Å². The maximum atomic E-state index is 12.7. The number of hydrogen-bond acceptors (Lipinski definition) is 4. The first-order chi connectivity index (χ1) is 10.7. The van der Waals surface area contributed by atoms with Gasteiger partial charge in [-0.05, 0) is 31.5 Å². The van der Waals surface area contributed by atoms with Crippen LogP contribution in [0.25, 0.3) is 0 Å². The summed E-state index contributed by atoms with van der Waals surface area (Å²) in [6.07, 6.45) is -0.256. The zero-order valence-corrected chi connectivity index (χ0v) is 14.4. The molecule has 7 nitrogen and oxygen atoms in total. The minimum absolute atomic E-state index is 0.128. The SMILES string of the molecule is C[C@@H]1CN(S(=O)(=O)N(C)Cc2ccc(C(N)=O)cc2)C[C@@H](C)O1. The maximum Gasteiger partial charge on any atom is 0.282 e. The molecule has 0 unspecified atom stereocenters. The van der Waals surface area contributed by atoms with Gasteiger partial charge in [0.25, 0.3) is 10.2 Å². The van der Waals surface area contributed by atoms with E-state index in [0.717, 1.165) is 5.56 Å². The fourth-order valence-corrected chi connectivity index (χ4v) is 4.13. The van der Waals surface area contributed by atoms with Crippen LogP contribution in [0.2, 0.25) is 0 Å². The Balaban J connectivity index is 2.09. The number of benzene rings is 1. The monoisotopic (exact) mass is 341 g/mol. The number of amides is 1. The van der Waals surface area contributed by atoms with Crippen LogP contribution >= 0.6 is 0 Å². The van der Waals surface area contributed by atoms with E-state index in [2.05, 4.69) is 0 Å². The highest BCUT2D eigenvalue weighted by atomic mass is 32.2. The van der Waals surface area contributed by atoms with Crippen LogP contribution in [0.4, 0.5) is 0 Å². The van der Waals surface area contributed by atoms with Gasteiger partial charge in [-0.2, -0.15) is 17.0 Å². The molecule has 1 aromatic rings. The zero-order valence-electron chi connectivity index (χ0n) is 13.6. The van der Waals surface area contributed by atoms with E-state index in [1.807, 2.05) is 13.8 Å². The molecule has 2 rings (SSSR count). The van der Waals surface area contributed by atoms with Crippen molar-refractivity contribution in [1.82, 2.24) is 8.61 Å².